The molecule has 464 valence electrons. The molecule has 4 unspecified atom stereocenters. The summed E-state index contributed by atoms with van der Waals surface area (Å²) < 4.78 is 10.9. The van der Waals surface area contributed by atoms with Crippen LogP contribution in [0.3, 0.4) is 0 Å². The molecule has 8 aliphatic heterocycles. The van der Waals surface area contributed by atoms with E-state index in [0.29, 0.717) is 54.6 Å². The van der Waals surface area contributed by atoms with E-state index in [4.69, 9.17) is 46.3 Å². The van der Waals surface area contributed by atoms with Gasteiger partial charge >= 0.3 is 24.7 Å². The van der Waals surface area contributed by atoms with Crippen LogP contribution in [0.1, 0.15) is 119 Å². The van der Waals surface area contributed by atoms with Gasteiger partial charge in [0.2, 0.25) is 12.4 Å². The van der Waals surface area contributed by atoms with Crippen molar-refractivity contribution in [1.29, 1.82) is 0 Å². The average Bonchev–Trinajstić information content (AvgIpc) is 1.85. The van der Waals surface area contributed by atoms with E-state index in [1.165, 1.54) is 48.5 Å². The van der Waals surface area contributed by atoms with Gasteiger partial charge in [-0.15, -0.1) is 32.0 Å². The average molecular weight is 1680 g/mol. The number of anilines is 2. The summed E-state index contributed by atoms with van der Waals surface area (Å²) in [7, 11) is 0. The molecule has 33 heteroatoms. The molecule has 10 rings (SSSR count). The molecule has 87 heavy (non-hydrogen) atoms. The summed E-state index contributed by atoms with van der Waals surface area (Å²) in [6, 6.07) is 4.64. The number of fused-ring (bicyclic) bond motifs is 4. The molecule has 0 aromatic carbocycles. The number of hydrazone groups is 4. The minimum atomic E-state index is -0.276. The molecule has 2 aromatic heterocycles. The van der Waals surface area contributed by atoms with Gasteiger partial charge in [-0.3, -0.25) is 33.6 Å². The van der Waals surface area contributed by atoms with E-state index in [9.17, 15) is 33.6 Å². The maximum Gasteiger partial charge on any atom is 0.314 e. The molecule has 8 aliphatic rings. The van der Waals surface area contributed by atoms with E-state index >= 15 is 0 Å². The predicted molar refractivity (Wildman–Crippen MR) is 375 cm³/mol. The molecule has 0 bridgehead atoms. The highest BCUT2D eigenvalue weighted by Gasteiger charge is 2.41. The molecule has 10 heterocycles. The van der Waals surface area contributed by atoms with Crippen molar-refractivity contribution in [2.75, 3.05) is 17.3 Å². The van der Waals surface area contributed by atoms with Crippen molar-refractivity contribution in [1.82, 2.24) is 20.4 Å². The van der Waals surface area contributed by atoms with E-state index in [-0.39, 0.29) is 99.1 Å². The lowest BCUT2D eigenvalue weighted by Gasteiger charge is -2.07. The first kappa shape index (κ1) is 79.2. The molecule has 4 N–H and O–H groups in total. The van der Waals surface area contributed by atoms with Gasteiger partial charge in [-0.2, -0.15) is 0 Å². The third-order valence-electron chi connectivity index (χ3n) is 10.7. The number of aromatic nitrogens is 4. The Labute approximate surface area is 571 Å². The smallest absolute Gasteiger partial charge is 0.314 e. The van der Waals surface area contributed by atoms with Gasteiger partial charge in [0, 0.05) is 107 Å². The lowest BCUT2D eigenvalue weighted by Crippen LogP contribution is -2.27. The number of Topliss-reactive ketones (excluding diaryl/α,β-unsaturated/α-hetero) is 7. The Hall–Kier alpha value is -5.78. The molecule has 0 saturated heterocycles. The number of carbonyl (C=O) groups is 7. The SMILES string of the molecule is C.C.C.CC(=O)C1=N[N+]2=C(I)C(C)=NC2C(Br)=C1.CC(=O)C1=N[N+]2=C(I)C(C)=NC2C(Cl)=C1.CC(=O)C1=N[N+]2=CC(C)=NC2C(Br)=C1.CC(=O)C1=N[N+]2=CC(C)=NC2C(Cl)=C1.CC(=O)CCl.CC(=O)c1cc(Br)c(N)nn1.CC(=O)c1ccc(N)nn1. The Morgan fingerprint density at radius 2 is 0.897 bits per heavy atom. The number of carbonyl (C=O) groups excluding carboxylic acids is 7. The first-order valence-corrected chi connectivity index (χ1v) is 30.0. The molecule has 2 aromatic rings. The number of halogens is 8. The molecular formula is C54H64Br3Cl3I2N18O7+4. The van der Waals surface area contributed by atoms with Gasteiger partial charge in [-0.25, -0.2) is 20.0 Å². The van der Waals surface area contributed by atoms with Crippen LogP contribution in [-0.2, 0) is 24.0 Å². The van der Waals surface area contributed by atoms with E-state index in [1.54, 1.807) is 67.5 Å². The predicted octanol–water partition coefficient (Wildman–Crippen LogP) is 9.65. The molecule has 25 nitrogen and oxygen atoms in total. The molecule has 0 amide bonds. The highest BCUT2D eigenvalue weighted by atomic mass is 127. The standard InChI is InChI=1S/C9H8BrIN3O.C9H9BrN3O.C9H8ClIN3O.C9H9ClN3O.C6H6BrN3O.C6H7N3O.C3H5ClO.3CH4/c1-4-8(11)14-9(12-4)6(10)3-7(13-14)5(2)15;1-5-4-13-9(11-5)7(10)3-8(12-13)6(2)14;1-4-8(11)14-9(12-4)6(10)3-7(13-14)5(2)15;1-5-4-13-9(11-5)7(10)3-8(12-13)6(2)14;1-3(11)5-2-4(7)6(8)10-9-5;1-4(10)5-2-3-6(7)9-8-5;1-3(5)2-4;;;/h3,9H,1-2H3;3-4,9H,1-2H3;3,9H,1-2H3;3-4,9H,1-2H3;2H,1H3,(H2,8,10);2-3H,1H3,(H2,7,9);2H2,1H3;3*1H4/q4*+1;;;;;;. The number of nitrogens with two attached hydrogens (primary N) is 2. The van der Waals surface area contributed by atoms with Crippen LogP contribution in [-0.4, -0.2) is 176 Å². The van der Waals surface area contributed by atoms with Crippen LogP contribution in [0.15, 0.2) is 106 Å². The van der Waals surface area contributed by atoms with Gasteiger partial charge in [0.25, 0.3) is 7.44 Å². The van der Waals surface area contributed by atoms with Gasteiger partial charge in [0.05, 0.1) is 19.3 Å². The highest BCUT2D eigenvalue weighted by molar-refractivity contribution is 14.1. The number of ketones is 7. The number of nitrogen functional groups attached to an aromatic ring is 2. The summed E-state index contributed by atoms with van der Waals surface area (Å²) in [5.74, 6) is 0.259. The molecule has 0 spiro atoms. The van der Waals surface area contributed by atoms with Crippen LogP contribution >= 0.6 is 128 Å². The van der Waals surface area contributed by atoms with Crippen molar-refractivity contribution in [2.45, 2.75) is 123 Å². The van der Waals surface area contributed by atoms with Gasteiger partial charge < -0.3 is 11.5 Å². The molecule has 0 saturated carbocycles. The Morgan fingerprint density at radius 1 is 0.517 bits per heavy atom. The molecule has 0 fully saturated rings. The normalized spacial score (nSPS) is 19.1. The molecule has 4 atom stereocenters. The minimum Gasteiger partial charge on any atom is -0.382 e. The van der Waals surface area contributed by atoms with Crippen molar-refractivity contribution < 1.29 is 52.3 Å². The Bertz CT molecular complexity index is 3510. The van der Waals surface area contributed by atoms with Gasteiger partial charge in [-0.05, 0) is 134 Å². The zero-order chi connectivity index (χ0) is 63.2. The Balaban J connectivity index is 0.000000513. The zero-order valence-electron chi connectivity index (χ0n) is 46.4. The van der Waals surface area contributed by atoms with Crippen LogP contribution in [0.4, 0.5) is 11.6 Å². The lowest BCUT2D eigenvalue weighted by atomic mass is 10.2. The van der Waals surface area contributed by atoms with E-state index in [2.05, 4.69) is 154 Å². The maximum absolute atomic E-state index is 11.2. The molecular weight excluding hydrogens is 1610 g/mol. The van der Waals surface area contributed by atoms with Crippen LogP contribution in [0, 0.1) is 0 Å². The molecule has 0 aliphatic carbocycles. The van der Waals surface area contributed by atoms with Crippen molar-refractivity contribution >= 4 is 245 Å². The summed E-state index contributed by atoms with van der Waals surface area (Å²) in [6.07, 6.45) is 9.41. The van der Waals surface area contributed by atoms with E-state index in [1.807, 2.05) is 33.9 Å². The van der Waals surface area contributed by atoms with Crippen LogP contribution in [0.5, 0.6) is 0 Å². The third-order valence-corrected chi connectivity index (χ3v) is 16.1. The summed E-state index contributed by atoms with van der Waals surface area (Å²) in [5, 5.41) is 32.0. The summed E-state index contributed by atoms with van der Waals surface area (Å²) in [4.78, 5) is 93.1. The number of allylic oxidation sites excluding steroid dienone is 4. The fourth-order valence-electron chi connectivity index (χ4n) is 6.51. The number of nitrogens with zero attached hydrogens (tertiary/aromatic N) is 16. The van der Waals surface area contributed by atoms with Gasteiger partial charge in [-0.1, -0.05) is 54.9 Å². The second-order valence-corrected chi connectivity index (χ2v) is 23.7. The summed E-state index contributed by atoms with van der Waals surface area (Å²) in [6.45, 7) is 17.8. The quantitative estimate of drug-likeness (QED) is 0.113. The monoisotopic (exact) mass is 1670 g/mol. The Morgan fingerprint density at radius 3 is 1.32 bits per heavy atom. The highest BCUT2D eigenvalue weighted by Crippen LogP contribution is 2.27. The lowest BCUT2D eigenvalue weighted by molar-refractivity contribution is -0.552. The number of alkyl halides is 1. The zero-order valence-corrected chi connectivity index (χ0v) is 57.7. The number of rotatable bonds is 7. The maximum atomic E-state index is 11.2. The van der Waals surface area contributed by atoms with Crippen molar-refractivity contribution in [3.8, 4) is 0 Å². The second kappa shape index (κ2) is 36.0. The molecule has 0 radical (unpaired) electrons. The van der Waals surface area contributed by atoms with E-state index in [0.717, 1.165) is 39.2 Å². The fraction of sp³-hybridized carbons (Fsp3) is 0.352. The van der Waals surface area contributed by atoms with Crippen molar-refractivity contribution in [2.24, 2.45) is 40.4 Å². The number of hydrogen-bond donors (Lipinski definition) is 2. The summed E-state index contributed by atoms with van der Waals surface area (Å²) in [5.41, 5.74) is 16.5. The fourth-order valence-corrected chi connectivity index (χ4v) is 9.36. The summed E-state index contributed by atoms with van der Waals surface area (Å²) >= 11 is 31.3. The second-order valence-electron chi connectivity index (χ2n) is 17.8. The van der Waals surface area contributed by atoms with Crippen molar-refractivity contribution in [3.63, 3.8) is 0 Å². The van der Waals surface area contributed by atoms with Crippen LogP contribution < -0.4 is 11.5 Å². The van der Waals surface area contributed by atoms with Crippen LogP contribution in [0.25, 0.3) is 0 Å². The third kappa shape index (κ3) is 22.6. The first-order valence-electron chi connectivity index (χ1n) is 24.1. The number of aliphatic imine (C=N–C) groups is 4. The van der Waals surface area contributed by atoms with Crippen molar-refractivity contribution in [3.05, 3.63) is 77.4 Å². The van der Waals surface area contributed by atoms with E-state index < -0.39 is 0 Å². The van der Waals surface area contributed by atoms with Gasteiger partial charge in [0.15, 0.2) is 63.4 Å². The van der Waals surface area contributed by atoms with Crippen LogP contribution in [0.2, 0.25) is 0 Å². The Kier molecular flexibility index (Phi) is 32.8. The minimum absolute atomic E-state index is 0. The number of hydrogen-bond acceptors (Lipinski definition) is 21. The van der Waals surface area contributed by atoms with Gasteiger partial charge in [0.1, 0.15) is 55.9 Å². The first-order chi connectivity index (χ1) is 39.2. The topological polar surface area (TPSA) is 334 Å². The largest absolute Gasteiger partial charge is 0.382 e.